The van der Waals surface area contributed by atoms with E-state index in [2.05, 4.69) is 26.1 Å². The fraction of sp³-hybridized carbons (Fsp3) is 0.538. The Bertz CT molecular complexity index is 425. The third-order valence-electron chi connectivity index (χ3n) is 3.32. The van der Waals surface area contributed by atoms with E-state index in [1.165, 1.54) is 0 Å². The van der Waals surface area contributed by atoms with Crippen molar-refractivity contribution in [3.8, 4) is 0 Å². The summed E-state index contributed by atoms with van der Waals surface area (Å²) in [4.78, 5) is 2.11. The van der Waals surface area contributed by atoms with Gasteiger partial charge in [0.2, 0.25) is 6.43 Å². The normalized spacial score (nSPS) is 18.8. The van der Waals surface area contributed by atoms with E-state index in [1.807, 2.05) is 12.1 Å². The van der Waals surface area contributed by atoms with Crippen LogP contribution in [-0.2, 0) is 0 Å². The summed E-state index contributed by atoms with van der Waals surface area (Å²) in [6.45, 7) is 3.26. The number of alkyl halides is 2. The van der Waals surface area contributed by atoms with Crippen LogP contribution in [-0.4, -0.2) is 37.5 Å². The van der Waals surface area contributed by atoms with Crippen LogP contribution in [0.5, 0.6) is 0 Å². The van der Waals surface area contributed by atoms with Gasteiger partial charge in [-0.25, -0.2) is 8.78 Å². The summed E-state index contributed by atoms with van der Waals surface area (Å²) in [5.74, 6) is 0. The number of rotatable bonds is 4. The van der Waals surface area contributed by atoms with Crippen LogP contribution in [0.25, 0.3) is 0 Å². The number of hydrogen-bond donors (Lipinski definition) is 1. The summed E-state index contributed by atoms with van der Waals surface area (Å²) in [5, 5.41) is 3.83. The van der Waals surface area contributed by atoms with Crippen molar-refractivity contribution in [2.75, 3.05) is 26.2 Å². The zero-order valence-corrected chi connectivity index (χ0v) is 12.7. The third kappa shape index (κ3) is 4.12. The number of halogens is 4. The molecule has 0 aromatic heterocycles. The molecule has 0 amide bonds. The van der Waals surface area contributed by atoms with E-state index in [0.717, 1.165) is 36.2 Å². The number of piperazine rings is 1. The zero-order valence-electron chi connectivity index (χ0n) is 10.4. The number of benzene rings is 1. The van der Waals surface area contributed by atoms with E-state index < -0.39 is 6.43 Å². The zero-order chi connectivity index (χ0) is 13.8. The largest absolute Gasteiger partial charge is 0.314 e. The van der Waals surface area contributed by atoms with Crippen molar-refractivity contribution in [3.05, 3.63) is 33.3 Å². The Morgan fingerprint density at radius 3 is 2.58 bits per heavy atom. The minimum atomic E-state index is -2.31. The van der Waals surface area contributed by atoms with Crippen LogP contribution in [0.15, 0.2) is 22.7 Å². The predicted octanol–water partition coefficient (Wildman–Crippen LogP) is 3.70. The Kier molecular flexibility index (Phi) is 5.57. The lowest BCUT2D eigenvalue weighted by molar-refractivity contribution is 0.0739. The summed E-state index contributed by atoms with van der Waals surface area (Å²) < 4.78 is 26.4. The van der Waals surface area contributed by atoms with Crippen LogP contribution >= 0.6 is 27.5 Å². The number of hydrogen-bond acceptors (Lipinski definition) is 2. The van der Waals surface area contributed by atoms with Crippen molar-refractivity contribution in [2.24, 2.45) is 0 Å². The summed E-state index contributed by atoms with van der Waals surface area (Å²) >= 11 is 9.31. The maximum absolute atomic E-state index is 12.8. The van der Waals surface area contributed by atoms with Gasteiger partial charge in [-0.15, -0.1) is 0 Å². The molecule has 1 aromatic rings. The molecule has 2 nitrogen and oxygen atoms in total. The summed E-state index contributed by atoms with van der Waals surface area (Å²) in [7, 11) is 0. The second-order valence-electron chi connectivity index (χ2n) is 4.60. The van der Waals surface area contributed by atoms with Gasteiger partial charge in [-0.3, -0.25) is 4.90 Å². The quantitative estimate of drug-likeness (QED) is 0.888. The van der Waals surface area contributed by atoms with Crippen LogP contribution < -0.4 is 5.32 Å². The SMILES string of the molecule is FC(F)C[C@@H](c1ccc(Cl)c(Br)c1)N1CCNCC1. The molecule has 2 rings (SSSR count). The molecule has 19 heavy (non-hydrogen) atoms. The van der Waals surface area contributed by atoms with E-state index in [9.17, 15) is 8.78 Å². The Morgan fingerprint density at radius 2 is 2.00 bits per heavy atom. The number of nitrogens with one attached hydrogen (secondary N) is 1. The van der Waals surface area contributed by atoms with Crippen molar-refractivity contribution < 1.29 is 8.78 Å². The van der Waals surface area contributed by atoms with Gasteiger partial charge in [0.1, 0.15) is 0 Å². The molecule has 1 heterocycles. The molecule has 6 heteroatoms. The average Bonchev–Trinajstić information content (AvgIpc) is 2.40. The maximum atomic E-state index is 12.8. The molecule has 1 N–H and O–H groups in total. The molecular weight excluding hydrogens is 338 g/mol. The van der Waals surface area contributed by atoms with Gasteiger partial charge < -0.3 is 5.32 Å². The molecule has 1 aromatic carbocycles. The highest BCUT2D eigenvalue weighted by molar-refractivity contribution is 9.10. The smallest absolute Gasteiger partial charge is 0.240 e. The first-order chi connectivity index (χ1) is 9.08. The second kappa shape index (κ2) is 6.97. The predicted molar refractivity (Wildman–Crippen MR) is 77.0 cm³/mol. The molecule has 0 bridgehead atoms. The van der Waals surface area contributed by atoms with E-state index in [4.69, 9.17) is 11.6 Å². The van der Waals surface area contributed by atoms with Crippen LogP contribution in [0.1, 0.15) is 18.0 Å². The van der Waals surface area contributed by atoms with Crippen LogP contribution in [0.4, 0.5) is 8.78 Å². The van der Waals surface area contributed by atoms with Gasteiger partial charge in [-0.05, 0) is 33.6 Å². The van der Waals surface area contributed by atoms with E-state index in [0.29, 0.717) is 5.02 Å². The highest BCUT2D eigenvalue weighted by Crippen LogP contribution is 2.32. The molecule has 0 radical (unpaired) electrons. The van der Waals surface area contributed by atoms with Crippen molar-refractivity contribution >= 4 is 27.5 Å². The van der Waals surface area contributed by atoms with Gasteiger partial charge in [0.25, 0.3) is 0 Å². The monoisotopic (exact) mass is 352 g/mol. The van der Waals surface area contributed by atoms with E-state index in [1.54, 1.807) is 6.07 Å². The van der Waals surface area contributed by atoms with Crippen molar-refractivity contribution in [1.29, 1.82) is 0 Å². The topological polar surface area (TPSA) is 15.3 Å². The van der Waals surface area contributed by atoms with Crippen molar-refractivity contribution in [3.63, 3.8) is 0 Å². The van der Waals surface area contributed by atoms with Crippen LogP contribution in [0.2, 0.25) is 5.02 Å². The Morgan fingerprint density at radius 1 is 1.32 bits per heavy atom. The number of nitrogens with zero attached hydrogens (tertiary/aromatic N) is 1. The van der Waals surface area contributed by atoms with Gasteiger partial charge in [0.05, 0.1) is 5.02 Å². The molecule has 1 aliphatic rings. The van der Waals surface area contributed by atoms with Gasteiger partial charge in [-0.1, -0.05) is 17.7 Å². The first-order valence-corrected chi connectivity index (χ1v) is 7.43. The summed E-state index contributed by atoms with van der Waals surface area (Å²) in [6.07, 6.45) is -2.46. The fourth-order valence-corrected chi connectivity index (χ4v) is 2.89. The van der Waals surface area contributed by atoms with Gasteiger partial charge in [-0.2, -0.15) is 0 Å². The van der Waals surface area contributed by atoms with Crippen LogP contribution in [0.3, 0.4) is 0 Å². The van der Waals surface area contributed by atoms with E-state index in [-0.39, 0.29) is 12.5 Å². The molecule has 0 saturated carbocycles. The average molecular weight is 354 g/mol. The second-order valence-corrected chi connectivity index (χ2v) is 5.86. The minimum absolute atomic E-state index is 0.145. The fourth-order valence-electron chi connectivity index (χ4n) is 2.38. The van der Waals surface area contributed by atoms with Crippen molar-refractivity contribution in [2.45, 2.75) is 18.9 Å². The Hall–Kier alpha value is -0.230. The van der Waals surface area contributed by atoms with Gasteiger partial charge >= 0.3 is 0 Å². The van der Waals surface area contributed by atoms with Crippen LogP contribution in [0, 0.1) is 0 Å². The highest BCUT2D eigenvalue weighted by Gasteiger charge is 2.25. The third-order valence-corrected chi connectivity index (χ3v) is 4.54. The molecule has 0 unspecified atom stereocenters. The molecule has 0 spiro atoms. The summed E-state index contributed by atoms with van der Waals surface area (Å²) in [6, 6.07) is 5.18. The highest BCUT2D eigenvalue weighted by atomic mass is 79.9. The molecule has 106 valence electrons. The lowest BCUT2D eigenvalue weighted by atomic mass is 10.0. The molecule has 1 saturated heterocycles. The molecule has 1 fully saturated rings. The molecule has 1 atom stereocenters. The molecule has 0 aliphatic carbocycles. The van der Waals surface area contributed by atoms with Crippen molar-refractivity contribution in [1.82, 2.24) is 10.2 Å². The molecule has 1 aliphatic heterocycles. The Labute approximate surface area is 125 Å². The maximum Gasteiger partial charge on any atom is 0.240 e. The minimum Gasteiger partial charge on any atom is -0.314 e. The molecular formula is C13H16BrClF2N2. The standard InChI is InChI=1S/C13H16BrClF2N2/c14-10-7-9(1-2-11(10)15)12(8-13(16)17)19-5-3-18-4-6-19/h1-2,7,12-13,18H,3-6,8H2/t12-/m0/s1. The van der Waals surface area contributed by atoms with E-state index >= 15 is 0 Å². The first-order valence-electron chi connectivity index (χ1n) is 6.26. The van der Waals surface area contributed by atoms with Gasteiger partial charge in [0.15, 0.2) is 0 Å². The first kappa shape index (κ1) is 15.2. The lowest BCUT2D eigenvalue weighted by Crippen LogP contribution is -2.45. The Balaban J connectivity index is 2.22. The van der Waals surface area contributed by atoms with Gasteiger partial charge in [0, 0.05) is 43.1 Å². The lowest BCUT2D eigenvalue weighted by Gasteiger charge is -2.35. The summed E-state index contributed by atoms with van der Waals surface area (Å²) in [5.41, 5.74) is 0.887.